The van der Waals surface area contributed by atoms with Crippen molar-refractivity contribution in [3.8, 4) is 5.69 Å². The number of carbonyl (C=O) groups excluding carboxylic acids is 1. The number of hydrogen-bond donors (Lipinski definition) is 2. The number of carbonyl (C=O) groups is 1. The van der Waals surface area contributed by atoms with Crippen LogP contribution in [0.1, 0.15) is 12.1 Å². The molecule has 1 unspecified atom stereocenters. The number of anilines is 1. The average Bonchev–Trinajstić information content (AvgIpc) is 2.86. The minimum absolute atomic E-state index is 0.167. The summed E-state index contributed by atoms with van der Waals surface area (Å²) < 4.78 is 1.79. The standard InChI is InChI=1S/C15H20N4OS/c1-11-14(18-15(20)13(16)8-9-21-2)10-17-19(11)12-6-4-3-5-7-12/h3-7,10,13H,8-9,16H2,1-2H3,(H,18,20). The molecule has 0 aliphatic rings. The molecular weight excluding hydrogens is 284 g/mol. The van der Waals surface area contributed by atoms with Gasteiger partial charge in [-0.1, -0.05) is 18.2 Å². The predicted molar refractivity (Wildman–Crippen MR) is 87.9 cm³/mol. The van der Waals surface area contributed by atoms with Gasteiger partial charge in [0.05, 0.1) is 29.3 Å². The van der Waals surface area contributed by atoms with Crippen LogP contribution >= 0.6 is 11.8 Å². The third kappa shape index (κ3) is 3.86. The van der Waals surface area contributed by atoms with Gasteiger partial charge in [0, 0.05) is 0 Å². The van der Waals surface area contributed by atoms with E-state index in [0.717, 1.165) is 17.1 Å². The Labute approximate surface area is 128 Å². The second kappa shape index (κ2) is 7.28. The van der Waals surface area contributed by atoms with Crippen LogP contribution < -0.4 is 11.1 Å². The molecule has 0 bridgehead atoms. The fraction of sp³-hybridized carbons (Fsp3) is 0.333. The lowest BCUT2D eigenvalue weighted by Crippen LogP contribution is -2.36. The number of benzene rings is 1. The Morgan fingerprint density at radius 2 is 2.14 bits per heavy atom. The van der Waals surface area contributed by atoms with E-state index in [4.69, 9.17) is 5.73 Å². The molecule has 0 radical (unpaired) electrons. The van der Waals surface area contributed by atoms with Crippen molar-refractivity contribution >= 4 is 23.4 Å². The Morgan fingerprint density at radius 3 is 2.81 bits per heavy atom. The molecule has 0 aliphatic carbocycles. The molecule has 6 heteroatoms. The highest BCUT2D eigenvalue weighted by Gasteiger charge is 2.16. The molecule has 2 aromatic rings. The van der Waals surface area contributed by atoms with Crippen LogP contribution in [0.5, 0.6) is 0 Å². The number of para-hydroxylation sites is 1. The Bertz CT molecular complexity index is 597. The maximum Gasteiger partial charge on any atom is 0.241 e. The zero-order valence-electron chi connectivity index (χ0n) is 12.2. The first kappa shape index (κ1) is 15.6. The third-order valence-electron chi connectivity index (χ3n) is 3.24. The number of amides is 1. The summed E-state index contributed by atoms with van der Waals surface area (Å²) in [5.41, 5.74) is 8.41. The number of nitrogens with one attached hydrogen (secondary N) is 1. The van der Waals surface area contributed by atoms with Crippen LogP contribution in [-0.2, 0) is 4.79 Å². The van der Waals surface area contributed by atoms with Crippen molar-refractivity contribution in [2.45, 2.75) is 19.4 Å². The van der Waals surface area contributed by atoms with Gasteiger partial charge < -0.3 is 11.1 Å². The smallest absolute Gasteiger partial charge is 0.241 e. The van der Waals surface area contributed by atoms with E-state index in [1.54, 1.807) is 22.6 Å². The zero-order chi connectivity index (χ0) is 15.2. The number of aromatic nitrogens is 2. The normalized spacial score (nSPS) is 12.1. The lowest BCUT2D eigenvalue weighted by atomic mass is 10.2. The number of nitrogens with two attached hydrogens (primary N) is 1. The molecule has 1 atom stereocenters. The molecule has 0 spiro atoms. The van der Waals surface area contributed by atoms with Gasteiger partial charge in [0.2, 0.25) is 5.91 Å². The highest BCUT2D eigenvalue weighted by Crippen LogP contribution is 2.18. The number of nitrogens with zero attached hydrogens (tertiary/aromatic N) is 2. The Morgan fingerprint density at radius 1 is 1.43 bits per heavy atom. The minimum Gasteiger partial charge on any atom is -0.322 e. The van der Waals surface area contributed by atoms with E-state index in [1.807, 2.05) is 43.5 Å². The van der Waals surface area contributed by atoms with E-state index >= 15 is 0 Å². The first-order valence-electron chi connectivity index (χ1n) is 6.79. The molecule has 21 heavy (non-hydrogen) atoms. The molecule has 1 amide bonds. The van der Waals surface area contributed by atoms with Gasteiger partial charge in [-0.25, -0.2) is 4.68 Å². The molecule has 3 N–H and O–H groups in total. The van der Waals surface area contributed by atoms with E-state index in [1.165, 1.54) is 0 Å². The fourth-order valence-corrected chi connectivity index (χ4v) is 2.45. The molecule has 1 heterocycles. The van der Waals surface area contributed by atoms with Gasteiger partial charge in [-0.2, -0.15) is 16.9 Å². The highest BCUT2D eigenvalue weighted by molar-refractivity contribution is 7.98. The summed E-state index contributed by atoms with van der Waals surface area (Å²) in [6, 6.07) is 9.30. The fourth-order valence-electron chi connectivity index (χ4n) is 1.96. The second-order valence-corrected chi connectivity index (χ2v) is 5.75. The Hall–Kier alpha value is -1.79. The topological polar surface area (TPSA) is 72.9 Å². The van der Waals surface area contributed by atoms with Gasteiger partial charge in [0.15, 0.2) is 0 Å². The molecular formula is C15H20N4OS. The second-order valence-electron chi connectivity index (χ2n) is 4.77. The van der Waals surface area contributed by atoms with E-state index in [0.29, 0.717) is 12.1 Å². The minimum atomic E-state index is -0.489. The lowest BCUT2D eigenvalue weighted by Gasteiger charge is -2.11. The van der Waals surface area contributed by atoms with Crippen molar-refractivity contribution in [1.29, 1.82) is 0 Å². The third-order valence-corrected chi connectivity index (χ3v) is 3.88. The van der Waals surface area contributed by atoms with Gasteiger partial charge >= 0.3 is 0 Å². The number of rotatable bonds is 6. The maximum absolute atomic E-state index is 12.0. The average molecular weight is 304 g/mol. The van der Waals surface area contributed by atoms with Gasteiger partial charge in [0.1, 0.15) is 0 Å². The first-order valence-corrected chi connectivity index (χ1v) is 8.18. The Kier molecular flexibility index (Phi) is 5.41. The van der Waals surface area contributed by atoms with Gasteiger partial charge in [0.25, 0.3) is 0 Å². The van der Waals surface area contributed by atoms with E-state index in [2.05, 4.69) is 10.4 Å². The van der Waals surface area contributed by atoms with Crippen LogP contribution in [-0.4, -0.2) is 33.7 Å². The maximum atomic E-state index is 12.0. The molecule has 0 saturated heterocycles. The number of thioether (sulfide) groups is 1. The molecule has 0 aliphatic heterocycles. The molecule has 5 nitrogen and oxygen atoms in total. The van der Waals surface area contributed by atoms with Gasteiger partial charge in [-0.3, -0.25) is 4.79 Å². The van der Waals surface area contributed by atoms with Crippen LogP contribution in [0.15, 0.2) is 36.5 Å². The largest absolute Gasteiger partial charge is 0.322 e. The van der Waals surface area contributed by atoms with E-state index in [9.17, 15) is 4.79 Å². The molecule has 0 fully saturated rings. The Balaban J connectivity index is 2.09. The summed E-state index contributed by atoms with van der Waals surface area (Å²) in [6.07, 6.45) is 4.32. The molecule has 1 aromatic heterocycles. The summed E-state index contributed by atoms with van der Waals surface area (Å²) in [7, 11) is 0. The van der Waals surface area contributed by atoms with E-state index in [-0.39, 0.29) is 5.91 Å². The van der Waals surface area contributed by atoms with Gasteiger partial charge in [-0.15, -0.1) is 0 Å². The van der Waals surface area contributed by atoms with Crippen LogP contribution in [0.25, 0.3) is 5.69 Å². The van der Waals surface area contributed by atoms with Crippen LogP contribution in [0.2, 0.25) is 0 Å². The first-order chi connectivity index (χ1) is 10.1. The monoisotopic (exact) mass is 304 g/mol. The van der Waals surface area contributed by atoms with Crippen molar-refractivity contribution in [2.24, 2.45) is 5.73 Å². The number of hydrogen-bond acceptors (Lipinski definition) is 4. The van der Waals surface area contributed by atoms with Crippen molar-refractivity contribution in [3.05, 3.63) is 42.2 Å². The van der Waals surface area contributed by atoms with Crippen molar-refractivity contribution in [3.63, 3.8) is 0 Å². The summed E-state index contributed by atoms with van der Waals surface area (Å²) in [4.78, 5) is 12.0. The van der Waals surface area contributed by atoms with Gasteiger partial charge in [-0.05, 0) is 37.5 Å². The highest BCUT2D eigenvalue weighted by atomic mass is 32.2. The summed E-state index contributed by atoms with van der Waals surface area (Å²) in [5.74, 6) is 0.705. The van der Waals surface area contributed by atoms with Crippen molar-refractivity contribution in [1.82, 2.24) is 9.78 Å². The zero-order valence-corrected chi connectivity index (χ0v) is 13.1. The molecule has 2 rings (SSSR count). The summed E-state index contributed by atoms with van der Waals surface area (Å²) in [5, 5.41) is 7.17. The van der Waals surface area contributed by atoms with E-state index < -0.39 is 6.04 Å². The quantitative estimate of drug-likeness (QED) is 0.858. The molecule has 112 valence electrons. The lowest BCUT2D eigenvalue weighted by molar-refractivity contribution is -0.117. The van der Waals surface area contributed by atoms with Crippen molar-refractivity contribution < 1.29 is 4.79 Å². The van der Waals surface area contributed by atoms with Crippen molar-refractivity contribution in [2.75, 3.05) is 17.3 Å². The van der Waals surface area contributed by atoms with Crippen LogP contribution in [0.4, 0.5) is 5.69 Å². The summed E-state index contributed by atoms with van der Waals surface area (Å²) in [6.45, 7) is 1.92. The SMILES string of the molecule is CSCCC(N)C(=O)Nc1cnn(-c2ccccc2)c1C. The van der Waals surface area contributed by atoms with Crippen LogP contribution in [0.3, 0.4) is 0 Å². The predicted octanol–water partition coefficient (Wildman–Crippen LogP) is 2.20. The molecule has 0 saturated carbocycles. The summed E-state index contributed by atoms with van der Waals surface area (Å²) >= 11 is 1.68. The molecule has 1 aromatic carbocycles. The van der Waals surface area contributed by atoms with Crippen LogP contribution in [0, 0.1) is 6.92 Å².